The van der Waals surface area contributed by atoms with Crippen LogP contribution in [0.5, 0.6) is 0 Å². The average molecular weight is 492 g/mol. The van der Waals surface area contributed by atoms with E-state index in [0.29, 0.717) is 11.8 Å². The van der Waals surface area contributed by atoms with Crippen LogP contribution in [0, 0.1) is 52.8 Å². The molecule has 4 unspecified atom stereocenters. The lowest BCUT2D eigenvalue weighted by Gasteiger charge is -2.32. The Morgan fingerprint density at radius 2 is 0.882 bits per heavy atom. The van der Waals surface area contributed by atoms with E-state index in [1.165, 1.54) is 4.90 Å². The molecule has 0 radical (unpaired) electrons. The van der Waals surface area contributed by atoms with E-state index >= 15 is 0 Å². The summed E-state index contributed by atoms with van der Waals surface area (Å²) < 4.78 is 71.2. The van der Waals surface area contributed by atoms with E-state index in [9.17, 15) is 22.0 Å². The third-order valence-electron chi connectivity index (χ3n) is 7.25. The second-order valence-electron chi connectivity index (χ2n) is 10.3. The van der Waals surface area contributed by atoms with Crippen molar-refractivity contribution in [3.05, 3.63) is 29.1 Å². The van der Waals surface area contributed by atoms with Crippen molar-refractivity contribution in [2.75, 3.05) is 18.0 Å². The van der Waals surface area contributed by atoms with E-state index in [4.69, 9.17) is 0 Å². The number of anilines is 1. The average Bonchev–Trinajstić information content (AvgIpc) is 2.81. The molecule has 0 spiro atoms. The summed E-state index contributed by atoms with van der Waals surface area (Å²) in [6.07, 6.45) is 10.4. The minimum absolute atomic E-state index is 0.0663. The highest BCUT2D eigenvalue weighted by Crippen LogP contribution is 2.33. The van der Waals surface area contributed by atoms with Crippen molar-refractivity contribution in [1.82, 2.24) is 0 Å². The number of halogens is 5. The summed E-state index contributed by atoms with van der Waals surface area (Å²) in [6.45, 7) is 13.2. The van der Waals surface area contributed by atoms with Gasteiger partial charge in [0.05, 0.1) is 0 Å². The lowest BCUT2D eigenvalue weighted by atomic mass is 9.90. The standard InChI is InChI=1S/C28H46F5N/c1-7-11-21(9-3)15-13-19(5)17-34(18-20(6)14-16-22(10-4)12-8-2)28-26(32)24(30)23(29)25(31)27(28)33/h19-22H,7-18H2,1-6H3. The third-order valence-corrected chi connectivity index (χ3v) is 7.25. The molecule has 0 saturated carbocycles. The van der Waals surface area contributed by atoms with Gasteiger partial charge in [-0.05, 0) is 36.5 Å². The third kappa shape index (κ3) is 9.03. The Kier molecular flexibility index (Phi) is 14.1. The monoisotopic (exact) mass is 491 g/mol. The van der Waals surface area contributed by atoms with Crippen molar-refractivity contribution in [2.24, 2.45) is 23.7 Å². The molecule has 6 heteroatoms. The van der Waals surface area contributed by atoms with Gasteiger partial charge in [-0.3, -0.25) is 0 Å². The summed E-state index contributed by atoms with van der Waals surface area (Å²) in [5.41, 5.74) is -0.781. The Labute approximate surface area is 204 Å². The first-order valence-corrected chi connectivity index (χ1v) is 13.4. The first kappa shape index (κ1) is 30.7. The van der Waals surface area contributed by atoms with E-state index in [-0.39, 0.29) is 24.9 Å². The molecule has 0 fully saturated rings. The smallest absolute Gasteiger partial charge is 0.200 e. The Bertz CT molecular complexity index is 668. The van der Waals surface area contributed by atoms with Gasteiger partial charge in [-0.1, -0.05) is 92.9 Å². The van der Waals surface area contributed by atoms with Gasteiger partial charge in [0, 0.05) is 13.1 Å². The number of nitrogens with zero attached hydrogens (tertiary/aromatic N) is 1. The van der Waals surface area contributed by atoms with E-state index in [2.05, 4.69) is 27.7 Å². The molecule has 0 aromatic heterocycles. The molecule has 1 aromatic rings. The molecular formula is C28H46F5N. The Balaban J connectivity index is 3.09. The normalized spacial score (nSPS) is 15.3. The highest BCUT2D eigenvalue weighted by Gasteiger charge is 2.30. The summed E-state index contributed by atoms with van der Waals surface area (Å²) >= 11 is 0. The topological polar surface area (TPSA) is 3.24 Å². The summed E-state index contributed by atoms with van der Waals surface area (Å²) in [7, 11) is 0. The van der Waals surface area contributed by atoms with Crippen molar-refractivity contribution < 1.29 is 22.0 Å². The molecule has 1 rings (SSSR count). The van der Waals surface area contributed by atoms with Crippen molar-refractivity contribution in [3.63, 3.8) is 0 Å². The van der Waals surface area contributed by atoms with E-state index in [1.807, 2.05) is 13.8 Å². The van der Waals surface area contributed by atoms with Crippen LogP contribution in [0.15, 0.2) is 0 Å². The lowest BCUT2D eigenvalue weighted by Crippen LogP contribution is -2.35. The molecule has 34 heavy (non-hydrogen) atoms. The molecular weight excluding hydrogens is 445 g/mol. The fourth-order valence-electron chi connectivity index (χ4n) is 5.03. The highest BCUT2D eigenvalue weighted by molar-refractivity contribution is 5.50. The fraction of sp³-hybridized carbons (Fsp3) is 0.786. The van der Waals surface area contributed by atoms with Crippen LogP contribution in [0.4, 0.5) is 27.6 Å². The van der Waals surface area contributed by atoms with E-state index in [0.717, 1.165) is 64.2 Å². The van der Waals surface area contributed by atoms with Crippen LogP contribution >= 0.6 is 0 Å². The number of hydrogen-bond donors (Lipinski definition) is 0. The summed E-state index contributed by atoms with van der Waals surface area (Å²) in [4.78, 5) is 1.41. The Morgan fingerprint density at radius 1 is 0.529 bits per heavy atom. The predicted molar refractivity (Wildman–Crippen MR) is 133 cm³/mol. The first-order valence-electron chi connectivity index (χ1n) is 13.4. The zero-order valence-electron chi connectivity index (χ0n) is 22.1. The van der Waals surface area contributed by atoms with Crippen LogP contribution in [0.25, 0.3) is 0 Å². The molecule has 0 bridgehead atoms. The Morgan fingerprint density at radius 3 is 1.21 bits per heavy atom. The number of benzene rings is 1. The van der Waals surface area contributed by atoms with Crippen LogP contribution in [-0.4, -0.2) is 13.1 Å². The summed E-state index contributed by atoms with van der Waals surface area (Å²) in [5, 5.41) is 0. The maximum atomic E-state index is 14.7. The predicted octanol–water partition coefficient (Wildman–Crippen LogP) is 9.67. The van der Waals surface area contributed by atoms with Crippen molar-refractivity contribution in [3.8, 4) is 0 Å². The van der Waals surface area contributed by atoms with Crippen LogP contribution in [0.1, 0.15) is 106 Å². The SMILES string of the molecule is CCCC(CC)CCC(C)CN(CC(C)CCC(CC)CCC)c1c(F)c(F)c(F)c(F)c1F. The molecule has 0 saturated heterocycles. The molecule has 0 amide bonds. The van der Waals surface area contributed by atoms with E-state index in [1.54, 1.807) is 0 Å². The van der Waals surface area contributed by atoms with Gasteiger partial charge in [0.15, 0.2) is 23.3 Å². The van der Waals surface area contributed by atoms with Crippen LogP contribution in [-0.2, 0) is 0 Å². The first-order chi connectivity index (χ1) is 16.1. The largest absolute Gasteiger partial charge is 0.366 e. The molecule has 198 valence electrons. The molecule has 0 aliphatic carbocycles. The molecule has 0 aliphatic heterocycles. The van der Waals surface area contributed by atoms with Crippen molar-refractivity contribution >= 4 is 5.69 Å². The number of rotatable bonds is 17. The molecule has 4 atom stereocenters. The fourth-order valence-corrected chi connectivity index (χ4v) is 5.03. The van der Waals surface area contributed by atoms with Gasteiger partial charge in [0.25, 0.3) is 0 Å². The Hall–Kier alpha value is -1.33. The van der Waals surface area contributed by atoms with Gasteiger partial charge >= 0.3 is 0 Å². The molecule has 0 N–H and O–H groups in total. The molecule has 0 heterocycles. The number of hydrogen-bond acceptors (Lipinski definition) is 1. The lowest BCUT2D eigenvalue weighted by molar-refractivity contribution is 0.351. The van der Waals surface area contributed by atoms with Gasteiger partial charge in [-0.2, -0.15) is 0 Å². The summed E-state index contributed by atoms with van der Waals surface area (Å²) in [5.74, 6) is -7.98. The molecule has 1 nitrogen and oxygen atoms in total. The maximum absolute atomic E-state index is 14.7. The minimum Gasteiger partial charge on any atom is -0.366 e. The van der Waals surface area contributed by atoms with Gasteiger partial charge in [0.1, 0.15) is 5.69 Å². The zero-order chi connectivity index (χ0) is 25.8. The van der Waals surface area contributed by atoms with Gasteiger partial charge in [0.2, 0.25) is 5.82 Å². The quantitative estimate of drug-likeness (QED) is 0.119. The van der Waals surface area contributed by atoms with Gasteiger partial charge in [-0.15, -0.1) is 0 Å². The van der Waals surface area contributed by atoms with Crippen LogP contribution in [0.3, 0.4) is 0 Å². The van der Waals surface area contributed by atoms with Crippen LogP contribution < -0.4 is 4.90 Å². The van der Waals surface area contributed by atoms with Gasteiger partial charge < -0.3 is 4.90 Å². The highest BCUT2D eigenvalue weighted by atomic mass is 19.2. The second kappa shape index (κ2) is 15.6. The van der Waals surface area contributed by atoms with E-state index < -0.39 is 34.8 Å². The minimum atomic E-state index is -2.10. The molecule has 0 aliphatic rings. The van der Waals surface area contributed by atoms with Crippen molar-refractivity contribution in [1.29, 1.82) is 0 Å². The maximum Gasteiger partial charge on any atom is 0.200 e. The van der Waals surface area contributed by atoms with Crippen LogP contribution in [0.2, 0.25) is 0 Å². The zero-order valence-corrected chi connectivity index (χ0v) is 22.1. The molecule has 1 aromatic carbocycles. The second-order valence-corrected chi connectivity index (χ2v) is 10.3. The van der Waals surface area contributed by atoms with Gasteiger partial charge in [-0.25, -0.2) is 22.0 Å². The van der Waals surface area contributed by atoms with Crippen molar-refractivity contribution in [2.45, 2.75) is 106 Å². The summed E-state index contributed by atoms with van der Waals surface area (Å²) in [6, 6.07) is 0.